The van der Waals surface area contributed by atoms with Gasteiger partial charge in [-0.05, 0) is 25.0 Å². The Morgan fingerprint density at radius 2 is 1.77 bits per heavy atom. The van der Waals surface area contributed by atoms with Crippen molar-refractivity contribution in [3.8, 4) is 0 Å². The molecule has 1 fully saturated rings. The van der Waals surface area contributed by atoms with E-state index in [0.29, 0.717) is 11.1 Å². The summed E-state index contributed by atoms with van der Waals surface area (Å²) in [5.41, 5.74) is 0.524. The fourth-order valence-electron chi connectivity index (χ4n) is 2.39. The second kappa shape index (κ2) is 4.52. The molecule has 1 aromatic heterocycles. The number of rotatable bonds is 3. The van der Waals surface area contributed by atoms with Gasteiger partial charge in [0.15, 0.2) is 5.69 Å². The number of carbonyl (C=O) groups excluding carboxylic acids is 3. The molecule has 7 heteroatoms. The van der Waals surface area contributed by atoms with Crippen LogP contribution in [-0.4, -0.2) is 32.4 Å². The molecule has 0 radical (unpaired) electrons. The van der Waals surface area contributed by atoms with Gasteiger partial charge >= 0.3 is 5.97 Å². The number of nitrogens with zero attached hydrogens (tertiary/aromatic N) is 3. The van der Waals surface area contributed by atoms with Gasteiger partial charge in [-0.1, -0.05) is 17.2 Å². The van der Waals surface area contributed by atoms with Crippen LogP contribution in [0.5, 0.6) is 0 Å². The van der Waals surface area contributed by atoms with Crippen LogP contribution in [0.1, 0.15) is 50.1 Å². The van der Waals surface area contributed by atoms with E-state index in [1.54, 1.807) is 24.7 Å². The maximum Gasteiger partial charge on any atom is 0.383 e. The SMILES string of the molecule is O=C(ON1C(=O)c2ccccc2C1=O)c1cn(C2CC2)cn1. The zero-order valence-corrected chi connectivity index (χ0v) is 11.4. The molecule has 110 valence electrons. The average molecular weight is 297 g/mol. The zero-order chi connectivity index (χ0) is 15.3. The average Bonchev–Trinajstić information content (AvgIpc) is 3.22. The lowest BCUT2D eigenvalue weighted by Gasteiger charge is -2.11. The van der Waals surface area contributed by atoms with Crippen LogP contribution < -0.4 is 0 Å². The Morgan fingerprint density at radius 1 is 1.14 bits per heavy atom. The van der Waals surface area contributed by atoms with Crippen molar-refractivity contribution in [1.82, 2.24) is 14.6 Å². The second-order valence-corrected chi connectivity index (χ2v) is 5.27. The Bertz CT molecular complexity index is 772. The van der Waals surface area contributed by atoms with Crippen molar-refractivity contribution in [3.05, 3.63) is 53.6 Å². The summed E-state index contributed by atoms with van der Waals surface area (Å²) in [5.74, 6) is -2.11. The molecule has 0 unspecified atom stereocenters. The van der Waals surface area contributed by atoms with Crippen LogP contribution in [0, 0.1) is 0 Å². The normalized spacial score (nSPS) is 16.8. The molecule has 1 aromatic carbocycles. The molecule has 0 bridgehead atoms. The lowest BCUT2D eigenvalue weighted by atomic mass is 10.1. The molecule has 4 rings (SSSR count). The first-order chi connectivity index (χ1) is 10.6. The standard InChI is InChI=1S/C15H11N3O4/c19-13-10-3-1-2-4-11(10)14(20)18(13)22-15(21)12-7-17(8-16-12)9-5-6-9/h1-4,7-9H,5-6H2. The Kier molecular flexibility index (Phi) is 2.62. The summed E-state index contributed by atoms with van der Waals surface area (Å²) in [7, 11) is 0. The minimum Gasteiger partial charge on any atom is -0.334 e. The van der Waals surface area contributed by atoms with E-state index >= 15 is 0 Å². The lowest BCUT2D eigenvalue weighted by molar-refractivity contribution is -0.0588. The number of hydrogen-bond donors (Lipinski definition) is 0. The Labute approximate surface area is 125 Å². The molecule has 0 atom stereocenters. The summed E-state index contributed by atoms with van der Waals surface area (Å²) in [6.45, 7) is 0. The summed E-state index contributed by atoms with van der Waals surface area (Å²) >= 11 is 0. The molecule has 1 aliphatic heterocycles. The number of hydrogen-bond acceptors (Lipinski definition) is 5. The van der Waals surface area contributed by atoms with E-state index < -0.39 is 17.8 Å². The van der Waals surface area contributed by atoms with Crippen LogP contribution in [0.15, 0.2) is 36.8 Å². The third-order valence-electron chi connectivity index (χ3n) is 3.71. The van der Waals surface area contributed by atoms with E-state index in [4.69, 9.17) is 4.84 Å². The van der Waals surface area contributed by atoms with Crippen molar-refractivity contribution in [2.24, 2.45) is 0 Å². The molecule has 0 spiro atoms. The monoisotopic (exact) mass is 297 g/mol. The van der Waals surface area contributed by atoms with Gasteiger partial charge in [-0.25, -0.2) is 9.78 Å². The molecule has 2 aliphatic rings. The molecule has 0 N–H and O–H groups in total. The van der Waals surface area contributed by atoms with Crippen molar-refractivity contribution >= 4 is 17.8 Å². The Morgan fingerprint density at radius 3 is 2.36 bits per heavy atom. The van der Waals surface area contributed by atoms with Gasteiger partial charge < -0.3 is 9.40 Å². The first kappa shape index (κ1) is 12.8. The van der Waals surface area contributed by atoms with Crippen molar-refractivity contribution in [1.29, 1.82) is 0 Å². The topological polar surface area (TPSA) is 81.5 Å². The highest BCUT2D eigenvalue weighted by Crippen LogP contribution is 2.34. The molecule has 2 aromatic rings. The van der Waals surface area contributed by atoms with Gasteiger partial charge in [-0.3, -0.25) is 9.59 Å². The number of imidazole rings is 1. The Balaban J connectivity index is 1.55. The van der Waals surface area contributed by atoms with Gasteiger partial charge in [0, 0.05) is 12.2 Å². The van der Waals surface area contributed by atoms with Crippen LogP contribution >= 0.6 is 0 Å². The van der Waals surface area contributed by atoms with Gasteiger partial charge in [0.2, 0.25) is 0 Å². The molecule has 1 aliphatic carbocycles. The molecular formula is C15H11N3O4. The fourth-order valence-corrected chi connectivity index (χ4v) is 2.39. The molecule has 2 amide bonds. The van der Waals surface area contributed by atoms with E-state index in [1.165, 1.54) is 12.1 Å². The minimum atomic E-state index is -0.825. The summed E-state index contributed by atoms with van der Waals surface area (Å²) in [6.07, 6.45) is 5.24. The summed E-state index contributed by atoms with van der Waals surface area (Å²) in [6, 6.07) is 6.71. The van der Waals surface area contributed by atoms with Crippen LogP contribution in [0.2, 0.25) is 0 Å². The van der Waals surface area contributed by atoms with Gasteiger partial charge in [0.05, 0.1) is 17.5 Å². The first-order valence-electron chi connectivity index (χ1n) is 6.89. The van der Waals surface area contributed by atoms with Gasteiger partial charge in [-0.2, -0.15) is 0 Å². The number of benzene rings is 1. The maximum atomic E-state index is 12.1. The first-order valence-corrected chi connectivity index (χ1v) is 6.89. The molecule has 22 heavy (non-hydrogen) atoms. The molecular weight excluding hydrogens is 286 g/mol. The van der Waals surface area contributed by atoms with Crippen molar-refractivity contribution in [2.45, 2.75) is 18.9 Å². The van der Waals surface area contributed by atoms with Crippen molar-refractivity contribution in [2.75, 3.05) is 0 Å². The molecule has 0 saturated heterocycles. The lowest BCUT2D eigenvalue weighted by Crippen LogP contribution is -2.32. The minimum absolute atomic E-state index is 0.0726. The van der Waals surface area contributed by atoms with E-state index in [-0.39, 0.29) is 16.8 Å². The van der Waals surface area contributed by atoms with Crippen LogP contribution in [0.25, 0.3) is 0 Å². The number of hydroxylamine groups is 2. The van der Waals surface area contributed by atoms with Gasteiger partial charge in [0.1, 0.15) is 0 Å². The fraction of sp³-hybridized carbons (Fsp3) is 0.200. The third-order valence-corrected chi connectivity index (χ3v) is 3.71. The second-order valence-electron chi connectivity index (χ2n) is 5.27. The van der Waals surface area contributed by atoms with E-state index in [9.17, 15) is 14.4 Å². The zero-order valence-electron chi connectivity index (χ0n) is 11.4. The van der Waals surface area contributed by atoms with E-state index in [1.807, 2.05) is 4.57 Å². The number of imide groups is 1. The van der Waals surface area contributed by atoms with Gasteiger partial charge in [-0.15, -0.1) is 0 Å². The quantitative estimate of drug-likeness (QED) is 0.803. The highest BCUT2D eigenvalue weighted by Gasteiger charge is 2.39. The number of carbonyl (C=O) groups is 3. The predicted molar refractivity (Wildman–Crippen MR) is 72.9 cm³/mol. The summed E-state index contributed by atoms with van der Waals surface area (Å²) < 4.78 is 1.83. The summed E-state index contributed by atoms with van der Waals surface area (Å²) in [5, 5.41) is 0.489. The van der Waals surface area contributed by atoms with Gasteiger partial charge in [0.25, 0.3) is 11.8 Å². The molecule has 2 heterocycles. The number of aromatic nitrogens is 2. The van der Waals surface area contributed by atoms with E-state index in [2.05, 4.69) is 4.98 Å². The van der Waals surface area contributed by atoms with Crippen LogP contribution in [0.4, 0.5) is 0 Å². The number of amides is 2. The largest absolute Gasteiger partial charge is 0.383 e. The van der Waals surface area contributed by atoms with Crippen molar-refractivity contribution < 1.29 is 19.2 Å². The van der Waals surface area contributed by atoms with Crippen molar-refractivity contribution in [3.63, 3.8) is 0 Å². The predicted octanol–water partition coefficient (Wildman–Crippen LogP) is 1.59. The maximum absolute atomic E-state index is 12.1. The van der Waals surface area contributed by atoms with Crippen LogP contribution in [0.3, 0.4) is 0 Å². The number of fused-ring (bicyclic) bond motifs is 1. The highest BCUT2D eigenvalue weighted by molar-refractivity contribution is 6.21. The molecule has 1 saturated carbocycles. The summed E-state index contributed by atoms with van der Waals surface area (Å²) in [4.78, 5) is 45.1. The smallest absolute Gasteiger partial charge is 0.334 e. The van der Waals surface area contributed by atoms with Crippen LogP contribution in [-0.2, 0) is 4.84 Å². The Hall–Kier alpha value is -2.96. The third kappa shape index (κ3) is 1.90. The van der Waals surface area contributed by atoms with E-state index in [0.717, 1.165) is 12.8 Å². The molecule has 7 nitrogen and oxygen atoms in total. The highest BCUT2D eigenvalue weighted by atomic mass is 16.7.